The molecule has 4 rings (SSSR count). The number of urea groups is 1. The number of sulfonamides is 1. The number of amides is 3. The van der Waals surface area contributed by atoms with Crippen molar-refractivity contribution in [3.63, 3.8) is 0 Å². The molecule has 0 saturated carbocycles. The van der Waals surface area contributed by atoms with Gasteiger partial charge in [0.1, 0.15) is 5.54 Å². The molecule has 26 heavy (non-hydrogen) atoms. The van der Waals surface area contributed by atoms with E-state index in [0.717, 1.165) is 29.7 Å². The van der Waals surface area contributed by atoms with Crippen molar-refractivity contribution in [2.45, 2.75) is 38.1 Å². The molecule has 2 heterocycles. The lowest BCUT2D eigenvalue weighted by molar-refractivity contribution is -0.131. The molecule has 0 unspecified atom stereocenters. The maximum absolute atomic E-state index is 13.0. The molecule has 1 N–H and O–H groups in total. The zero-order chi connectivity index (χ0) is 18.5. The van der Waals surface area contributed by atoms with Gasteiger partial charge in [-0.15, -0.1) is 0 Å². The summed E-state index contributed by atoms with van der Waals surface area (Å²) in [5.41, 5.74) is 2.24. The highest BCUT2D eigenvalue weighted by atomic mass is 32.2. The summed E-state index contributed by atoms with van der Waals surface area (Å²) >= 11 is 0. The van der Waals surface area contributed by atoms with Crippen LogP contribution in [-0.4, -0.2) is 54.9 Å². The molecule has 8 heteroatoms. The second-order valence-electron chi connectivity index (χ2n) is 7.42. The largest absolute Gasteiger partial charge is 0.325 e. The fourth-order valence-corrected chi connectivity index (χ4v) is 5.65. The van der Waals surface area contributed by atoms with Crippen molar-refractivity contribution < 1.29 is 18.0 Å². The molecule has 2 saturated heterocycles. The van der Waals surface area contributed by atoms with E-state index in [1.54, 1.807) is 6.92 Å². The van der Waals surface area contributed by atoms with Crippen molar-refractivity contribution in [1.82, 2.24) is 14.5 Å². The van der Waals surface area contributed by atoms with E-state index in [0.29, 0.717) is 13.0 Å². The lowest BCUT2D eigenvalue weighted by Crippen LogP contribution is -2.42. The van der Waals surface area contributed by atoms with E-state index in [4.69, 9.17) is 0 Å². The number of hydrogen-bond acceptors (Lipinski definition) is 4. The fourth-order valence-electron chi connectivity index (χ4n) is 4.13. The fraction of sp³-hybridized carbons (Fsp3) is 0.556. The number of rotatable bonds is 4. The van der Waals surface area contributed by atoms with Gasteiger partial charge in [0.25, 0.3) is 5.91 Å². The summed E-state index contributed by atoms with van der Waals surface area (Å²) < 4.78 is 25.2. The molecule has 2 fully saturated rings. The first-order valence-corrected chi connectivity index (χ1v) is 10.7. The summed E-state index contributed by atoms with van der Waals surface area (Å²) in [7, 11) is -3.24. The molecule has 3 amide bonds. The Kier molecular flexibility index (Phi) is 4.07. The summed E-state index contributed by atoms with van der Waals surface area (Å²) in [6.07, 6.45) is 3.77. The number of benzene rings is 1. The molecular weight excluding hydrogens is 354 g/mol. The van der Waals surface area contributed by atoms with Gasteiger partial charge in [-0.2, -0.15) is 0 Å². The van der Waals surface area contributed by atoms with Crippen LogP contribution in [0.5, 0.6) is 0 Å². The van der Waals surface area contributed by atoms with E-state index in [-0.39, 0.29) is 24.7 Å². The van der Waals surface area contributed by atoms with Crippen LogP contribution in [0.2, 0.25) is 0 Å². The van der Waals surface area contributed by atoms with Crippen LogP contribution >= 0.6 is 0 Å². The number of carbonyl (C=O) groups is 2. The highest BCUT2D eigenvalue weighted by Gasteiger charge is 2.49. The Labute approximate surface area is 153 Å². The van der Waals surface area contributed by atoms with E-state index in [9.17, 15) is 18.0 Å². The van der Waals surface area contributed by atoms with E-state index in [1.165, 1.54) is 15.4 Å². The summed E-state index contributed by atoms with van der Waals surface area (Å²) in [5, 5.41) is 2.80. The summed E-state index contributed by atoms with van der Waals surface area (Å²) in [6, 6.07) is 5.52. The predicted octanol–water partition coefficient (Wildman–Crippen LogP) is 0.978. The topological polar surface area (TPSA) is 86.8 Å². The van der Waals surface area contributed by atoms with Crippen LogP contribution in [0.15, 0.2) is 18.2 Å². The normalized spacial score (nSPS) is 27.8. The molecule has 0 bridgehead atoms. The minimum absolute atomic E-state index is 0.0738. The molecule has 3 aliphatic rings. The molecule has 0 aromatic heterocycles. The van der Waals surface area contributed by atoms with Gasteiger partial charge in [-0.25, -0.2) is 17.5 Å². The monoisotopic (exact) mass is 377 g/mol. The minimum Gasteiger partial charge on any atom is -0.319 e. The summed E-state index contributed by atoms with van der Waals surface area (Å²) in [5.74, 6) is -0.183. The Morgan fingerprint density at radius 3 is 2.62 bits per heavy atom. The Morgan fingerprint density at radius 1 is 1.12 bits per heavy atom. The first-order valence-electron chi connectivity index (χ1n) is 9.05. The average Bonchev–Trinajstić information content (AvgIpc) is 3.24. The number of fused-ring (bicyclic) bond motifs is 1. The van der Waals surface area contributed by atoms with Crippen molar-refractivity contribution in [1.29, 1.82) is 0 Å². The van der Waals surface area contributed by atoms with Gasteiger partial charge >= 0.3 is 6.03 Å². The van der Waals surface area contributed by atoms with Crippen LogP contribution in [0.25, 0.3) is 0 Å². The molecule has 1 aliphatic carbocycles. The Hall–Kier alpha value is -1.93. The third-order valence-corrected chi connectivity index (χ3v) is 7.68. The van der Waals surface area contributed by atoms with Crippen LogP contribution in [0.3, 0.4) is 0 Å². The summed E-state index contributed by atoms with van der Waals surface area (Å²) in [4.78, 5) is 26.5. The Bertz CT molecular complexity index is 882. The van der Waals surface area contributed by atoms with Gasteiger partial charge in [0.15, 0.2) is 0 Å². The van der Waals surface area contributed by atoms with Crippen LogP contribution in [0, 0.1) is 0 Å². The van der Waals surface area contributed by atoms with E-state index >= 15 is 0 Å². The number of nitrogens with zero attached hydrogens (tertiary/aromatic N) is 2. The van der Waals surface area contributed by atoms with Gasteiger partial charge in [0.2, 0.25) is 10.0 Å². The highest BCUT2D eigenvalue weighted by molar-refractivity contribution is 7.89. The molecule has 140 valence electrons. The molecule has 1 atom stereocenters. The summed E-state index contributed by atoms with van der Waals surface area (Å²) in [6.45, 7) is 2.40. The highest BCUT2D eigenvalue weighted by Crippen LogP contribution is 2.32. The van der Waals surface area contributed by atoms with Crippen LogP contribution in [0.1, 0.15) is 36.5 Å². The third kappa shape index (κ3) is 2.72. The van der Waals surface area contributed by atoms with E-state index in [1.807, 2.05) is 18.2 Å². The second-order valence-corrected chi connectivity index (χ2v) is 9.51. The van der Waals surface area contributed by atoms with Gasteiger partial charge in [-0.1, -0.05) is 18.2 Å². The SMILES string of the molecule is C[C@]1(c2ccc3c(c2)CCC3)NC(=O)N(CCN2CCCS2(=O)=O)C1=O. The molecule has 0 spiro atoms. The first kappa shape index (κ1) is 17.5. The van der Waals surface area contributed by atoms with Crippen LogP contribution in [0.4, 0.5) is 4.79 Å². The van der Waals surface area contributed by atoms with Gasteiger partial charge in [-0.05, 0) is 49.3 Å². The third-order valence-electron chi connectivity index (χ3n) is 5.73. The van der Waals surface area contributed by atoms with Gasteiger partial charge in [0.05, 0.1) is 5.75 Å². The zero-order valence-electron chi connectivity index (χ0n) is 14.8. The molecule has 7 nitrogen and oxygen atoms in total. The van der Waals surface area contributed by atoms with Crippen LogP contribution in [-0.2, 0) is 33.2 Å². The first-order chi connectivity index (χ1) is 12.3. The minimum atomic E-state index is -3.24. The number of nitrogens with one attached hydrogen (secondary N) is 1. The second kappa shape index (κ2) is 6.06. The maximum Gasteiger partial charge on any atom is 0.325 e. The number of imide groups is 1. The Morgan fingerprint density at radius 2 is 1.88 bits per heavy atom. The molecule has 1 aromatic rings. The van der Waals surface area contributed by atoms with Gasteiger partial charge in [0, 0.05) is 19.6 Å². The number of carbonyl (C=O) groups excluding carboxylic acids is 2. The quantitative estimate of drug-likeness (QED) is 0.793. The van der Waals surface area contributed by atoms with Crippen molar-refractivity contribution in [3.05, 3.63) is 34.9 Å². The van der Waals surface area contributed by atoms with Crippen molar-refractivity contribution in [2.75, 3.05) is 25.4 Å². The van der Waals surface area contributed by atoms with Crippen molar-refractivity contribution in [2.24, 2.45) is 0 Å². The average molecular weight is 377 g/mol. The Balaban J connectivity index is 1.53. The van der Waals surface area contributed by atoms with Crippen LogP contribution < -0.4 is 5.32 Å². The smallest absolute Gasteiger partial charge is 0.319 e. The van der Waals surface area contributed by atoms with Gasteiger partial charge in [-0.3, -0.25) is 9.69 Å². The molecule has 1 aromatic carbocycles. The standard InChI is InChI=1S/C18H23N3O4S/c1-18(15-7-6-13-4-2-5-14(13)12-15)16(22)21(17(23)19-18)10-9-20-8-3-11-26(20,24)25/h6-7,12H,2-5,8-11H2,1H3,(H,19,23)/t18-/m1/s1. The van der Waals surface area contributed by atoms with E-state index in [2.05, 4.69) is 5.32 Å². The molecule has 0 radical (unpaired) electrons. The lowest BCUT2D eigenvalue weighted by atomic mass is 9.90. The molecular formula is C18H23N3O4S. The molecule has 2 aliphatic heterocycles. The predicted molar refractivity (Wildman–Crippen MR) is 96.0 cm³/mol. The van der Waals surface area contributed by atoms with Crippen molar-refractivity contribution >= 4 is 22.0 Å². The lowest BCUT2D eigenvalue weighted by Gasteiger charge is -2.23. The van der Waals surface area contributed by atoms with Gasteiger partial charge < -0.3 is 5.32 Å². The number of hydrogen-bond donors (Lipinski definition) is 1. The van der Waals surface area contributed by atoms with E-state index < -0.39 is 21.6 Å². The number of aryl methyl sites for hydroxylation is 2. The zero-order valence-corrected chi connectivity index (χ0v) is 15.6. The van der Waals surface area contributed by atoms with Crippen molar-refractivity contribution in [3.8, 4) is 0 Å². The maximum atomic E-state index is 13.0.